The predicted octanol–water partition coefficient (Wildman–Crippen LogP) is 0.614. The Kier molecular flexibility index (Phi) is 5.00. The van der Waals surface area contributed by atoms with Crippen molar-refractivity contribution in [2.75, 3.05) is 13.2 Å². The number of esters is 1. The lowest BCUT2D eigenvalue weighted by Gasteiger charge is -2.06. The molecule has 0 unspecified atom stereocenters. The maximum Gasteiger partial charge on any atom is 0.396 e. The number of aromatic hydroxyl groups is 1. The van der Waals surface area contributed by atoms with Crippen molar-refractivity contribution in [3.63, 3.8) is 0 Å². The van der Waals surface area contributed by atoms with Gasteiger partial charge in [-0.05, 0) is 25.0 Å². The van der Waals surface area contributed by atoms with E-state index in [4.69, 9.17) is 0 Å². The van der Waals surface area contributed by atoms with Crippen molar-refractivity contribution < 1.29 is 19.4 Å². The van der Waals surface area contributed by atoms with Crippen molar-refractivity contribution in [2.24, 2.45) is 0 Å². The number of rotatable bonds is 4. The average Bonchev–Trinajstić information content (AvgIpc) is 2.31. The molecule has 0 aliphatic heterocycles. The van der Waals surface area contributed by atoms with Crippen LogP contribution in [0.4, 0.5) is 0 Å². The molecule has 0 bridgehead atoms. The van der Waals surface area contributed by atoms with Crippen molar-refractivity contribution in [2.45, 2.75) is 13.3 Å². The van der Waals surface area contributed by atoms with Crippen molar-refractivity contribution >= 4 is 11.9 Å². The number of hydrogen-bond acceptors (Lipinski definition) is 4. The van der Waals surface area contributed by atoms with Gasteiger partial charge in [-0.15, -0.1) is 0 Å². The third kappa shape index (κ3) is 4.14. The Morgan fingerprint density at radius 3 is 2.71 bits per heavy atom. The standard InChI is InChI=1S/C12H15NO4/c1-2-17-12(16)11(15)13-8-7-9-5-3-4-6-10(9)14/h3-6,14H,2,7-8H2,1H3,(H,13,15). The summed E-state index contributed by atoms with van der Waals surface area (Å²) in [5, 5.41) is 11.9. The van der Waals surface area contributed by atoms with Crippen molar-refractivity contribution in [3.8, 4) is 5.75 Å². The number of phenolic OH excluding ortho intramolecular Hbond substituents is 1. The van der Waals surface area contributed by atoms with Crippen molar-refractivity contribution in [3.05, 3.63) is 29.8 Å². The molecule has 1 aromatic rings. The lowest BCUT2D eigenvalue weighted by Crippen LogP contribution is -2.33. The Labute approximate surface area is 99.4 Å². The molecule has 5 heteroatoms. The molecule has 0 saturated carbocycles. The number of nitrogens with one attached hydrogen (secondary N) is 1. The molecule has 0 atom stereocenters. The number of phenols is 1. The van der Waals surface area contributed by atoms with Crippen LogP contribution in [0.15, 0.2) is 24.3 Å². The second kappa shape index (κ2) is 6.52. The van der Waals surface area contributed by atoms with Gasteiger partial charge in [0, 0.05) is 6.54 Å². The van der Waals surface area contributed by atoms with Crippen LogP contribution in [0.2, 0.25) is 0 Å². The van der Waals surface area contributed by atoms with Gasteiger partial charge in [-0.1, -0.05) is 18.2 Å². The Balaban J connectivity index is 2.36. The van der Waals surface area contributed by atoms with Crippen LogP contribution in [0, 0.1) is 0 Å². The molecule has 2 N–H and O–H groups in total. The SMILES string of the molecule is CCOC(=O)C(=O)NCCc1ccccc1O. The number of para-hydroxylation sites is 1. The van der Waals surface area contributed by atoms with Gasteiger partial charge >= 0.3 is 11.9 Å². The molecule has 0 saturated heterocycles. The number of amides is 1. The zero-order chi connectivity index (χ0) is 12.7. The maximum absolute atomic E-state index is 11.2. The molecule has 0 fully saturated rings. The molecule has 0 radical (unpaired) electrons. The van der Waals surface area contributed by atoms with E-state index < -0.39 is 11.9 Å². The molecule has 1 rings (SSSR count). The largest absolute Gasteiger partial charge is 0.508 e. The van der Waals surface area contributed by atoms with E-state index in [0.717, 1.165) is 5.56 Å². The van der Waals surface area contributed by atoms with E-state index >= 15 is 0 Å². The third-order valence-electron chi connectivity index (χ3n) is 2.13. The fourth-order valence-electron chi connectivity index (χ4n) is 1.30. The van der Waals surface area contributed by atoms with Crippen LogP contribution in [0.3, 0.4) is 0 Å². The maximum atomic E-state index is 11.2. The van der Waals surface area contributed by atoms with Crippen LogP contribution >= 0.6 is 0 Å². The predicted molar refractivity (Wildman–Crippen MR) is 61.5 cm³/mol. The minimum Gasteiger partial charge on any atom is -0.508 e. The summed E-state index contributed by atoms with van der Waals surface area (Å²) in [5.74, 6) is -1.47. The smallest absolute Gasteiger partial charge is 0.396 e. The lowest BCUT2D eigenvalue weighted by atomic mass is 10.1. The molecule has 0 aliphatic carbocycles. The van der Waals surface area contributed by atoms with Crippen LogP contribution in [-0.4, -0.2) is 30.1 Å². The quantitative estimate of drug-likeness (QED) is 0.594. The molecular weight excluding hydrogens is 222 g/mol. The molecule has 92 valence electrons. The minimum atomic E-state index is -0.884. The van der Waals surface area contributed by atoms with Gasteiger partial charge in [0.05, 0.1) is 6.61 Å². The van der Waals surface area contributed by atoms with E-state index in [0.29, 0.717) is 6.42 Å². The van der Waals surface area contributed by atoms with Crippen LogP contribution in [-0.2, 0) is 20.7 Å². The van der Waals surface area contributed by atoms with Crippen LogP contribution < -0.4 is 5.32 Å². The molecule has 1 amide bonds. The first-order valence-corrected chi connectivity index (χ1v) is 5.37. The van der Waals surface area contributed by atoms with E-state index in [1.165, 1.54) is 0 Å². The van der Waals surface area contributed by atoms with Crippen molar-refractivity contribution in [1.82, 2.24) is 5.32 Å². The zero-order valence-electron chi connectivity index (χ0n) is 9.60. The highest BCUT2D eigenvalue weighted by atomic mass is 16.5. The van der Waals surface area contributed by atoms with Gasteiger partial charge in [0.15, 0.2) is 0 Å². The van der Waals surface area contributed by atoms with Gasteiger partial charge in [0.2, 0.25) is 0 Å². The van der Waals surface area contributed by atoms with Gasteiger partial charge in [-0.25, -0.2) is 4.79 Å². The normalized spacial score (nSPS) is 9.71. The number of ether oxygens (including phenoxy) is 1. The Morgan fingerprint density at radius 1 is 1.35 bits per heavy atom. The zero-order valence-corrected chi connectivity index (χ0v) is 9.60. The second-order valence-electron chi connectivity index (χ2n) is 3.36. The Morgan fingerprint density at radius 2 is 2.06 bits per heavy atom. The van der Waals surface area contributed by atoms with E-state index in [2.05, 4.69) is 10.1 Å². The summed E-state index contributed by atoms with van der Waals surface area (Å²) < 4.78 is 4.53. The minimum absolute atomic E-state index is 0.172. The summed E-state index contributed by atoms with van der Waals surface area (Å²) in [4.78, 5) is 22.1. The molecule has 0 aliphatic rings. The average molecular weight is 237 g/mol. The molecule has 0 spiro atoms. The molecule has 0 aromatic heterocycles. The number of carbonyl (C=O) groups is 2. The van der Waals surface area contributed by atoms with Crippen LogP contribution in [0.25, 0.3) is 0 Å². The van der Waals surface area contributed by atoms with Crippen LogP contribution in [0.1, 0.15) is 12.5 Å². The first-order valence-electron chi connectivity index (χ1n) is 5.37. The fourth-order valence-corrected chi connectivity index (χ4v) is 1.30. The molecule has 0 heterocycles. The third-order valence-corrected chi connectivity index (χ3v) is 2.13. The molecule has 1 aromatic carbocycles. The summed E-state index contributed by atoms with van der Waals surface area (Å²) in [6.07, 6.45) is 0.456. The van der Waals surface area contributed by atoms with E-state index in [-0.39, 0.29) is 18.9 Å². The second-order valence-corrected chi connectivity index (χ2v) is 3.36. The number of benzene rings is 1. The Bertz CT molecular complexity index is 403. The fraction of sp³-hybridized carbons (Fsp3) is 0.333. The van der Waals surface area contributed by atoms with E-state index in [1.54, 1.807) is 31.2 Å². The summed E-state index contributed by atoms with van der Waals surface area (Å²) in [5.41, 5.74) is 0.719. The number of carbonyl (C=O) groups excluding carboxylic acids is 2. The Hall–Kier alpha value is -2.04. The van der Waals surface area contributed by atoms with Gasteiger partial charge in [0.25, 0.3) is 0 Å². The van der Waals surface area contributed by atoms with Gasteiger partial charge < -0.3 is 15.2 Å². The summed E-state index contributed by atoms with van der Waals surface area (Å²) in [7, 11) is 0. The topological polar surface area (TPSA) is 75.6 Å². The van der Waals surface area contributed by atoms with Gasteiger partial charge in [-0.3, -0.25) is 4.79 Å². The lowest BCUT2D eigenvalue weighted by molar-refractivity contribution is -0.154. The monoisotopic (exact) mass is 237 g/mol. The highest BCUT2D eigenvalue weighted by Gasteiger charge is 2.13. The highest BCUT2D eigenvalue weighted by molar-refractivity contribution is 6.32. The summed E-state index contributed by atoms with van der Waals surface area (Å²) >= 11 is 0. The first kappa shape index (κ1) is 13.0. The van der Waals surface area contributed by atoms with Crippen LogP contribution in [0.5, 0.6) is 5.75 Å². The number of hydrogen-bond donors (Lipinski definition) is 2. The van der Waals surface area contributed by atoms with Crippen molar-refractivity contribution in [1.29, 1.82) is 0 Å². The molecular formula is C12H15NO4. The van der Waals surface area contributed by atoms with Gasteiger partial charge in [0.1, 0.15) is 5.75 Å². The van der Waals surface area contributed by atoms with E-state index in [1.807, 2.05) is 0 Å². The summed E-state index contributed by atoms with van der Waals surface area (Å²) in [6.45, 7) is 2.08. The summed E-state index contributed by atoms with van der Waals surface area (Å²) in [6, 6.07) is 6.84. The first-order chi connectivity index (χ1) is 8.15. The molecule has 5 nitrogen and oxygen atoms in total. The van der Waals surface area contributed by atoms with Gasteiger partial charge in [-0.2, -0.15) is 0 Å². The molecule has 17 heavy (non-hydrogen) atoms. The van der Waals surface area contributed by atoms with E-state index in [9.17, 15) is 14.7 Å². The highest BCUT2D eigenvalue weighted by Crippen LogP contribution is 2.15.